The summed E-state index contributed by atoms with van der Waals surface area (Å²) in [4.78, 5) is 31.4. The predicted molar refractivity (Wildman–Crippen MR) is 91.9 cm³/mol. The zero-order valence-corrected chi connectivity index (χ0v) is 15.1. The van der Waals surface area contributed by atoms with Crippen LogP contribution in [-0.2, 0) is 9.53 Å². The van der Waals surface area contributed by atoms with Gasteiger partial charge in [0, 0.05) is 36.3 Å². The van der Waals surface area contributed by atoms with E-state index in [0.29, 0.717) is 5.01 Å². The molecule has 1 atom stereocenters. The Kier molecular flexibility index (Phi) is 7.11. The largest absolute Gasteiger partial charge is 0.440 e. The highest BCUT2D eigenvalue weighted by Gasteiger charge is 2.29. The van der Waals surface area contributed by atoms with Gasteiger partial charge < -0.3 is 15.4 Å². The van der Waals surface area contributed by atoms with Crippen molar-refractivity contribution in [3.8, 4) is 11.3 Å². The first-order valence-electron chi connectivity index (χ1n) is 7.87. The summed E-state index contributed by atoms with van der Waals surface area (Å²) >= 11 is 1.39. The number of thiazole rings is 1. The molecular formula is C16H17F3N4O3S. The quantitative estimate of drug-likeness (QED) is 0.743. The molecule has 0 saturated heterocycles. The minimum absolute atomic E-state index is 0.103. The fourth-order valence-electron chi connectivity index (χ4n) is 1.99. The van der Waals surface area contributed by atoms with Crippen LogP contribution in [0.1, 0.15) is 24.4 Å². The number of hydrogen-bond acceptors (Lipinski definition) is 6. The van der Waals surface area contributed by atoms with Crippen LogP contribution in [0.15, 0.2) is 29.9 Å². The van der Waals surface area contributed by atoms with Gasteiger partial charge in [-0.3, -0.25) is 9.78 Å². The van der Waals surface area contributed by atoms with E-state index in [9.17, 15) is 22.8 Å². The minimum Gasteiger partial charge on any atom is -0.440 e. The van der Waals surface area contributed by atoms with Crippen molar-refractivity contribution in [3.05, 3.63) is 34.9 Å². The van der Waals surface area contributed by atoms with E-state index in [1.807, 2.05) is 17.5 Å². The molecule has 1 unspecified atom stereocenters. The normalized spacial score (nSPS) is 12.3. The molecular weight excluding hydrogens is 385 g/mol. The molecule has 11 heteroatoms. The Bertz CT molecular complexity index is 768. The number of amides is 2. The van der Waals surface area contributed by atoms with Crippen LogP contribution in [0, 0.1) is 0 Å². The maximum Gasteiger partial charge on any atom is 0.422 e. The van der Waals surface area contributed by atoms with Crippen molar-refractivity contribution in [2.24, 2.45) is 0 Å². The maximum absolute atomic E-state index is 11.9. The average molecular weight is 402 g/mol. The lowest BCUT2D eigenvalue weighted by atomic mass is 10.2. The molecule has 0 spiro atoms. The highest BCUT2D eigenvalue weighted by Crippen LogP contribution is 2.24. The Labute approximate surface area is 157 Å². The zero-order chi connectivity index (χ0) is 19.9. The third kappa shape index (κ3) is 7.21. The van der Waals surface area contributed by atoms with Crippen molar-refractivity contribution in [1.29, 1.82) is 0 Å². The molecule has 0 aliphatic rings. The summed E-state index contributed by atoms with van der Waals surface area (Å²) < 4.78 is 39.7. The van der Waals surface area contributed by atoms with Gasteiger partial charge in [0.25, 0.3) is 0 Å². The monoisotopic (exact) mass is 402 g/mol. The summed E-state index contributed by atoms with van der Waals surface area (Å²) in [5.74, 6) is -0.376. The molecule has 2 N–H and O–H groups in total. The molecule has 2 aromatic rings. The van der Waals surface area contributed by atoms with E-state index >= 15 is 0 Å². The number of nitrogens with zero attached hydrogens (tertiary/aromatic N) is 2. The van der Waals surface area contributed by atoms with Gasteiger partial charge in [0.1, 0.15) is 5.01 Å². The fraction of sp³-hybridized carbons (Fsp3) is 0.375. The molecule has 2 rings (SSSR count). The molecule has 0 aliphatic carbocycles. The second-order valence-electron chi connectivity index (χ2n) is 5.46. The number of rotatable bonds is 7. The van der Waals surface area contributed by atoms with Crippen LogP contribution in [0.5, 0.6) is 0 Å². The van der Waals surface area contributed by atoms with Crippen LogP contribution >= 0.6 is 11.3 Å². The first kappa shape index (κ1) is 20.6. The van der Waals surface area contributed by atoms with Crippen molar-refractivity contribution < 1.29 is 27.5 Å². The SMILES string of the molecule is CC(NC(=O)CCNC(=O)OCC(F)(F)F)c1nc(-c2ccncc2)cs1. The number of carbonyl (C=O) groups excluding carboxylic acids is 2. The van der Waals surface area contributed by atoms with Crippen LogP contribution < -0.4 is 10.6 Å². The molecule has 0 bridgehead atoms. The number of aromatic nitrogens is 2. The van der Waals surface area contributed by atoms with E-state index in [0.717, 1.165) is 11.3 Å². The summed E-state index contributed by atoms with van der Waals surface area (Å²) in [5.41, 5.74) is 1.68. The first-order chi connectivity index (χ1) is 12.7. The van der Waals surface area contributed by atoms with Crippen LogP contribution in [0.4, 0.5) is 18.0 Å². The Hall–Kier alpha value is -2.69. The van der Waals surface area contributed by atoms with Crippen LogP contribution in [0.2, 0.25) is 0 Å². The van der Waals surface area contributed by atoms with E-state index in [1.54, 1.807) is 19.3 Å². The lowest BCUT2D eigenvalue weighted by Gasteiger charge is -2.12. The highest BCUT2D eigenvalue weighted by atomic mass is 32.1. The van der Waals surface area contributed by atoms with Gasteiger partial charge in [-0.25, -0.2) is 9.78 Å². The molecule has 0 aliphatic heterocycles. The summed E-state index contributed by atoms with van der Waals surface area (Å²) in [6.07, 6.45) is -2.60. The maximum atomic E-state index is 11.9. The molecule has 2 heterocycles. The molecule has 146 valence electrons. The van der Waals surface area contributed by atoms with Gasteiger partial charge in [-0.05, 0) is 19.1 Å². The van der Waals surface area contributed by atoms with Crippen molar-refractivity contribution in [2.75, 3.05) is 13.2 Å². The van der Waals surface area contributed by atoms with Gasteiger partial charge in [0.2, 0.25) is 5.91 Å². The Morgan fingerprint density at radius 2 is 2.00 bits per heavy atom. The Morgan fingerprint density at radius 3 is 2.67 bits per heavy atom. The highest BCUT2D eigenvalue weighted by molar-refractivity contribution is 7.10. The lowest BCUT2D eigenvalue weighted by molar-refractivity contribution is -0.160. The second kappa shape index (κ2) is 9.31. The van der Waals surface area contributed by atoms with Gasteiger partial charge in [-0.1, -0.05) is 0 Å². The summed E-state index contributed by atoms with van der Waals surface area (Å²) in [6, 6.07) is 3.30. The van der Waals surface area contributed by atoms with Crippen molar-refractivity contribution in [3.63, 3.8) is 0 Å². The molecule has 27 heavy (non-hydrogen) atoms. The van der Waals surface area contributed by atoms with Crippen LogP contribution in [0.3, 0.4) is 0 Å². The molecule has 0 saturated carbocycles. The van der Waals surface area contributed by atoms with Crippen molar-refractivity contribution in [2.45, 2.75) is 25.6 Å². The Morgan fingerprint density at radius 1 is 1.30 bits per heavy atom. The van der Waals surface area contributed by atoms with E-state index in [1.165, 1.54) is 11.3 Å². The van der Waals surface area contributed by atoms with E-state index in [4.69, 9.17) is 0 Å². The number of nitrogens with one attached hydrogen (secondary N) is 2. The topological polar surface area (TPSA) is 93.2 Å². The molecule has 0 radical (unpaired) electrons. The average Bonchev–Trinajstić information content (AvgIpc) is 3.10. The molecule has 0 fully saturated rings. The number of pyridine rings is 1. The van der Waals surface area contributed by atoms with E-state index < -0.39 is 18.9 Å². The zero-order valence-electron chi connectivity index (χ0n) is 14.2. The summed E-state index contributed by atoms with van der Waals surface area (Å²) in [6.45, 7) is -0.0562. The standard InChI is InChI=1S/C16H17F3N4O3S/c1-10(14-23-12(8-27-14)11-2-5-20-6-3-11)22-13(24)4-7-21-15(25)26-9-16(17,18)19/h2-3,5-6,8,10H,4,7,9H2,1H3,(H,21,25)(H,22,24). The number of ether oxygens (including phenoxy) is 1. The van der Waals surface area contributed by atoms with Gasteiger partial charge in [-0.2, -0.15) is 13.2 Å². The Balaban J connectivity index is 1.74. The lowest BCUT2D eigenvalue weighted by Crippen LogP contribution is -2.33. The minimum atomic E-state index is -4.59. The molecule has 2 aromatic heterocycles. The second-order valence-corrected chi connectivity index (χ2v) is 6.35. The van der Waals surface area contributed by atoms with Crippen LogP contribution in [0.25, 0.3) is 11.3 Å². The third-order valence-electron chi connectivity index (χ3n) is 3.23. The van der Waals surface area contributed by atoms with Gasteiger partial charge in [-0.15, -0.1) is 11.3 Å². The number of hydrogen-bond donors (Lipinski definition) is 2. The van der Waals surface area contributed by atoms with E-state index in [-0.39, 0.29) is 24.9 Å². The summed E-state index contributed by atoms with van der Waals surface area (Å²) in [5, 5.41) is 7.37. The smallest absolute Gasteiger partial charge is 0.422 e. The predicted octanol–water partition coefficient (Wildman–Crippen LogP) is 3.06. The van der Waals surface area contributed by atoms with Gasteiger partial charge in [0.15, 0.2) is 6.61 Å². The number of halogens is 3. The number of alkyl carbamates (subject to hydrolysis) is 1. The van der Waals surface area contributed by atoms with Crippen molar-refractivity contribution in [1.82, 2.24) is 20.6 Å². The molecule has 2 amide bonds. The summed E-state index contributed by atoms with van der Waals surface area (Å²) in [7, 11) is 0. The number of carbonyl (C=O) groups is 2. The van der Waals surface area contributed by atoms with E-state index in [2.05, 4.69) is 25.3 Å². The third-order valence-corrected chi connectivity index (χ3v) is 4.26. The molecule has 0 aromatic carbocycles. The first-order valence-corrected chi connectivity index (χ1v) is 8.75. The fourth-order valence-corrected chi connectivity index (χ4v) is 2.83. The number of alkyl halides is 3. The molecule has 7 nitrogen and oxygen atoms in total. The van der Waals surface area contributed by atoms with Crippen molar-refractivity contribution >= 4 is 23.3 Å². The van der Waals surface area contributed by atoms with Gasteiger partial charge in [0.05, 0.1) is 11.7 Å². The van der Waals surface area contributed by atoms with Crippen LogP contribution in [-0.4, -0.2) is 41.3 Å². The van der Waals surface area contributed by atoms with Gasteiger partial charge >= 0.3 is 12.3 Å².